The normalized spacial score (nSPS) is 15.2. The maximum absolute atomic E-state index is 5.85. The fourth-order valence-corrected chi connectivity index (χ4v) is 2.95. The van der Waals surface area contributed by atoms with Crippen LogP contribution in [0.1, 0.15) is 25.0 Å². The average Bonchev–Trinajstić information content (AvgIpc) is 3.00. The highest BCUT2D eigenvalue weighted by Gasteiger charge is 2.17. The lowest BCUT2D eigenvalue weighted by molar-refractivity contribution is 0.567. The number of hydrogen-bond acceptors (Lipinski definition) is 8. The Morgan fingerprint density at radius 2 is 2.05 bits per heavy atom. The summed E-state index contributed by atoms with van der Waals surface area (Å²) in [6.45, 7) is 2.63. The van der Waals surface area contributed by atoms with Gasteiger partial charge in [-0.25, -0.2) is 4.98 Å². The molecule has 2 N–H and O–H groups in total. The van der Waals surface area contributed by atoms with E-state index in [4.69, 9.17) is 5.73 Å². The van der Waals surface area contributed by atoms with Gasteiger partial charge in [0.15, 0.2) is 0 Å². The second-order valence-electron chi connectivity index (χ2n) is 5.18. The number of piperidine rings is 1. The number of nitrogen functional groups attached to an aromatic ring is 1. The number of thiazole rings is 1. The SMILES string of the molecule is CN(Cc1cscn1)c1nc(N)nc(N2CCCCC2)n1. The summed E-state index contributed by atoms with van der Waals surface area (Å²) in [4.78, 5) is 21.5. The lowest BCUT2D eigenvalue weighted by atomic mass is 10.1. The van der Waals surface area contributed by atoms with E-state index in [1.807, 2.05) is 22.8 Å². The van der Waals surface area contributed by atoms with Gasteiger partial charge in [-0.15, -0.1) is 11.3 Å². The van der Waals surface area contributed by atoms with E-state index in [9.17, 15) is 0 Å². The summed E-state index contributed by atoms with van der Waals surface area (Å²) in [5.74, 6) is 1.55. The molecule has 0 aromatic carbocycles. The minimum atomic E-state index is 0.269. The van der Waals surface area contributed by atoms with Crippen LogP contribution in [0.3, 0.4) is 0 Å². The largest absolute Gasteiger partial charge is 0.368 e. The molecule has 0 aliphatic carbocycles. The summed E-state index contributed by atoms with van der Waals surface area (Å²) >= 11 is 1.58. The lowest BCUT2D eigenvalue weighted by Crippen LogP contribution is -2.32. The van der Waals surface area contributed by atoms with Crippen molar-refractivity contribution in [1.29, 1.82) is 0 Å². The van der Waals surface area contributed by atoms with E-state index in [-0.39, 0.29) is 5.95 Å². The van der Waals surface area contributed by atoms with Crippen molar-refractivity contribution in [2.45, 2.75) is 25.8 Å². The third kappa shape index (κ3) is 3.38. The second-order valence-corrected chi connectivity index (χ2v) is 5.90. The minimum absolute atomic E-state index is 0.269. The first-order valence-electron chi connectivity index (χ1n) is 7.07. The number of rotatable bonds is 4. The van der Waals surface area contributed by atoms with Gasteiger partial charge in [0.05, 0.1) is 17.7 Å². The Morgan fingerprint density at radius 1 is 1.24 bits per heavy atom. The Labute approximate surface area is 127 Å². The number of aromatic nitrogens is 4. The smallest absolute Gasteiger partial charge is 0.232 e. The molecule has 1 fully saturated rings. The summed E-state index contributed by atoms with van der Waals surface area (Å²) < 4.78 is 0. The Kier molecular flexibility index (Phi) is 4.14. The highest BCUT2D eigenvalue weighted by Crippen LogP contribution is 2.19. The predicted octanol–water partition coefficient (Wildman–Crippen LogP) is 1.54. The number of nitrogens with zero attached hydrogens (tertiary/aromatic N) is 6. The van der Waals surface area contributed by atoms with Gasteiger partial charge in [0.2, 0.25) is 17.8 Å². The van der Waals surface area contributed by atoms with E-state index in [2.05, 4.69) is 24.8 Å². The van der Waals surface area contributed by atoms with Crippen LogP contribution >= 0.6 is 11.3 Å². The van der Waals surface area contributed by atoms with Gasteiger partial charge in [-0.3, -0.25) is 0 Å². The molecule has 2 aromatic rings. The van der Waals surface area contributed by atoms with Crippen LogP contribution in [0.4, 0.5) is 17.8 Å². The molecule has 3 rings (SSSR count). The highest BCUT2D eigenvalue weighted by atomic mass is 32.1. The summed E-state index contributed by atoms with van der Waals surface area (Å²) in [6.07, 6.45) is 3.62. The second kappa shape index (κ2) is 6.21. The van der Waals surface area contributed by atoms with Crippen LogP contribution in [-0.4, -0.2) is 40.1 Å². The molecule has 0 bridgehead atoms. The molecule has 1 saturated heterocycles. The van der Waals surface area contributed by atoms with Crippen LogP contribution in [0.5, 0.6) is 0 Å². The van der Waals surface area contributed by atoms with Crippen LogP contribution in [0, 0.1) is 0 Å². The molecule has 3 heterocycles. The molecule has 0 spiro atoms. The zero-order valence-electron chi connectivity index (χ0n) is 12.1. The zero-order chi connectivity index (χ0) is 14.7. The Hall–Kier alpha value is -1.96. The van der Waals surface area contributed by atoms with Crippen molar-refractivity contribution >= 4 is 29.2 Å². The molecule has 0 radical (unpaired) electrons. The van der Waals surface area contributed by atoms with Gasteiger partial charge in [-0.05, 0) is 19.3 Å². The topological polar surface area (TPSA) is 84.1 Å². The van der Waals surface area contributed by atoms with E-state index in [1.54, 1.807) is 11.3 Å². The molecule has 0 amide bonds. The van der Waals surface area contributed by atoms with Crippen molar-refractivity contribution in [2.24, 2.45) is 0 Å². The van der Waals surface area contributed by atoms with Gasteiger partial charge in [0.1, 0.15) is 0 Å². The molecule has 0 saturated carbocycles. The first-order chi connectivity index (χ1) is 10.2. The number of nitrogens with two attached hydrogens (primary N) is 1. The lowest BCUT2D eigenvalue weighted by Gasteiger charge is -2.27. The molecule has 0 atom stereocenters. The highest BCUT2D eigenvalue weighted by molar-refractivity contribution is 7.07. The molecule has 0 unspecified atom stereocenters. The molecule has 8 heteroatoms. The zero-order valence-corrected chi connectivity index (χ0v) is 12.9. The standard InChI is InChI=1S/C13H19N7S/c1-19(7-10-8-21-9-15-10)12-16-11(14)17-13(18-12)20-5-3-2-4-6-20/h8-9H,2-7H2,1H3,(H2,14,16,17,18). The maximum Gasteiger partial charge on any atom is 0.232 e. The van der Waals surface area contributed by atoms with Crippen molar-refractivity contribution in [3.63, 3.8) is 0 Å². The van der Waals surface area contributed by atoms with Crippen molar-refractivity contribution < 1.29 is 0 Å². The third-order valence-corrected chi connectivity index (χ3v) is 4.13. The summed E-state index contributed by atoms with van der Waals surface area (Å²) in [5.41, 5.74) is 8.67. The van der Waals surface area contributed by atoms with Gasteiger partial charge >= 0.3 is 0 Å². The van der Waals surface area contributed by atoms with Crippen LogP contribution in [0.2, 0.25) is 0 Å². The van der Waals surface area contributed by atoms with E-state index in [0.29, 0.717) is 18.4 Å². The van der Waals surface area contributed by atoms with Crippen LogP contribution in [0.25, 0.3) is 0 Å². The molecule has 1 aliphatic rings. The Bertz CT molecular complexity index is 580. The minimum Gasteiger partial charge on any atom is -0.368 e. The quantitative estimate of drug-likeness (QED) is 0.917. The van der Waals surface area contributed by atoms with Crippen LogP contribution in [0.15, 0.2) is 10.9 Å². The van der Waals surface area contributed by atoms with E-state index in [1.165, 1.54) is 19.3 Å². The van der Waals surface area contributed by atoms with Gasteiger partial charge in [0.25, 0.3) is 0 Å². The number of anilines is 3. The summed E-state index contributed by atoms with van der Waals surface area (Å²) in [7, 11) is 1.94. The van der Waals surface area contributed by atoms with E-state index < -0.39 is 0 Å². The maximum atomic E-state index is 5.85. The van der Waals surface area contributed by atoms with E-state index in [0.717, 1.165) is 18.8 Å². The molecule has 7 nitrogen and oxygen atoms in total. The first kappa shape index (κ1) is 14.0. The predicted molar refractivity (Wildman–Crippen MR) is 84.5 cm³/mol. The fraction of sp³-hybridized carbons (Fsp3) is 0.538. The Morgan fingerprint density at radius 3 is 2.76 bits per heavy atom. The molecule has 2 aromatic heterocycles. The van der Waals surface area contributed by atoms with E-state index >= 15 is 0 Å². The molecular formula is C13H19N7S. The monoisotopic (exact) mass is 305 g/mol. The van der Waals surface area contributed by atoms with Crippen molar-refractivity contribution in [1.82, 2.24) is 19.9 Å². The number of hydrogen-bond donors (Lipinski definition) is 1. The Balaban J connectivity index is 1.79. The van der Waals surface area contributed by atoms with Crippen molar-refractivity contribution in [3.05, 3.63) is 16.6 Å². The first-order valence-corrected chi connectivity index (χ1v) is 8.01. The molecular weight excluding hydrogens is 286 g/mol. The van der Waals surface area contributed by atoms with Crippen LogP contribution < -0.4 is 15.5 Å². The molecule has 21 heavy (non-hydrogen) atoms. The van der Waals surface area contributed by atoms with Crippen molar-refractivity contribution in [3.8, 4) is 0 Å². The van der Waals surface area contributed by atoms with Gasteiger partial charge < -0.3 is 15.5 Å². The molecule has 112 valence electrons. The van der Waals surface area contributed by atoms with Gasteiger partial charge in [-0.2, -0.15) is 15.0 Å². The van der Waals surface area contributed by atoms with Gasteiger partial charge in [-0.1, -0.05) is 0 Å². The van der Waals surface area contributed by atoms with Gasteiger partial charge in [0, 0.05) is 25.5 Å². The molecule has 1 aliphatic heterocycles. The third-order valence-electron chi connectivity index (χ3n) is 3.49. The summed E-state index contributed by atoms with van der Waals surface area (Å²) in [5, 5.41) is 2.02. The summed E-state index contributed by atoms with van der Waals surface area (Å²) in [6, 6.07) is 0. The van der Waals surface area contributed by atoms with Crippen molar-refractivity contribution in [2.75, 3.05) is 35.7 Å². The average molecular weight is 305 g/mol. The van der Waals surface area contributed by atoms with Crippen LogP contribution in [-0.2, 0) is 6.54 Å². The fourth-order valence-electron chi connectivity index (χ4n) is 2.40.